The molecule has 1 fully saturated rings. The molecule has 0 aromatic heterocycles. The van der Waals surface area contributed by atoms with Crippen LogP contribution in [0.2, 0.25) is 0 Å². The molecule has 8 heteroatoms. The van der Waals surface area contributed by atoms with Gasteiger partial charge in [-0.3, -0.25) is 10.6 Å². The Balaban J connectivity index is 1.63. The highest BCUT2D eigenvalue weighted by Gasteiger charge is 2.29. The van der Waals surface area contributed by atoms with E-state index in [0.29, 0.717) is 49.0 Å². The summed E-state index contributed by atoms with van der Waals surface area (Å²) in [7, 11) is 1.91. The van der Waals surface area contributed by atoms with Gasteiger partial charge in [-0.05, 0) is 44.9 Å². The van der Waals surface area contributed by atoms with E-state index >= 15 is 4.39 Å². The molecule has 0 radical (unpaired) electrons. The topological polar surface area (TPSA) is 69.4 Å². The molecule has 5 N–H and O–H groups in total. The van der Waals surface area contributed by atoms with Crippen LogP contribution in [0, 0.1) is 5.82 Å². The van der Waals surface area contributed by atoms with Gasteiger partial charge >= 0.3 is 0 Å². The van der Waals surface area contributed by atoms with E-state index in [1.54, 1.807) is 0 Å². The van der Waals surface area contributed by atoms with Crippen LogP contribution in [0.5, 0.6) is 5.75 Å². The molecule has 3 aliphatic rings. The van der Waals surface area contributed by atoms with Crippen molar-refractivity contribution in [2.75, 3.05) is 32.2 Å². The lowest BCUT2D eigenvalue weighted by Gasteiger charge is -2.37. The van der Waals surface area contributed by atoms with Crippen molar-refractivity contribution in [3.8, 4) is 5.75 Å². The number of benzene rings is 1. The summed E-state index contributed by atoms with van der Waals surface area (Å²) in [5.74, 6) is 0.336. The van der Waals surface area contributed by atoms with Gasteiger partial charge < -0.3 is 20.7 Å². The molecule has 29 heavy (non-hydrogen) atoms. The summed E-state index contributed by atoms with van der Waals surface area (Å²) in [6, 6.07) is 1.97. The molecule has 4 rings (SSSR count). The van der Waals surface area contributed by atoms with E-state index in [1.807, 2.05) is 19.2 Å². The highest BCUT2D eigenvalue weighted by molar-refractivity contribution is 5.77. The van der Waals surface area contributed by atoms with Crippen LogP contribution in [0.25, 0.3) is 5.57 Å². The molecule has 0 saturated carbocycles. The van der Waals surface area contributed by atoms with Gasteiger partial charge in [0.25, 0.3) is 0 Å². The summed E-state index contributed by atoms with van der Waals surface area (Å²) in [6.45, 7) is 2.79. The molecular formula is C21H31F2N5O. The van der Waals surface area contributed by atoms with E-state index in [-0.39, 0.29) is 24.3 Å². The van der Waals surface area contributed by atoms with E-state index in [2.05, 4.69) is 33.5 Å². The van der Waals surface area contributed by atoms with Crippen LogP contribution < -0.4 is 31.3 Å². The first-order valence-corrected chi connectivity index (χ1v) is 10.5. The van der Waals surface area contributed by atoms with Gasteiger partial charge in [0.1, 0.15) is 18.7 Å². The Hall–Kier alpha value is -1.74. The van der Waals surface area contributed by atoms with Crippen LogP contribution in [0.15, 0.2) is 12.1 Å². The molecule has 3 unspecified atom stereocenters. The molecule has 3 heterocycles. The van der Waals surface area contributed by atoms with Crippen molar-refractivity contribution in [2.45, 2.75) is 57.1 Å². The maximum atomic E-state index is 15.7. The quantitative estimate of drug-likeness (QED) is 0.515. The standard InChI is InChI=1S/C21H31F2N5O/c1-12-9-17(24-2)28-21(26-12)27-16-10-14-6-8-29-20(14)18(19(16)23)13-3-4-15(11-22)25-7-5-13/h5,10,12,15,17,21,24-28H,3-4,6-9,11H2,1-2H3/t12?,15-,17?,21?/m0/s1. The molecule has 6 nitrogen and oxygen atoms in total. The second kappa shape index (κ2) is 8.95. The summed E-state index contributed by atoms with van der Waals surface area (Å²) in [6.07, 6.45) is 4.83. The van der Waals surface area contributed by atoms with Crippen molar-refractivity contribution in [1.82, 2.24) is 21.3 Å². The molecule has 0 amide bonds. The molecule has 1 aromatic carbocycles. The highest BCUT2D eigenvalue weighted by atomic mass is 19.1. The molecule has 1 saturated heterocycles. The van der Waals surface area contributed by atoms with Crippen molar-refractivity contribution in [3.63, 3.8) is 0 Å². The van der Waals surface area contributed by atoms with E-state index in [4.69, 9.17) is 4.74 Å². The van der Waals surface area contributed by atoms with Crippen molar-refractivity contribution >= 4 is 11.3 Å². The number of rotatable bonds is 5. The minimum atomic E-state index is -0.413. The predicted molar refractivity (Wildman–Crippen MR) is 111 cm³/mol. The lowest BCUT2D eigenvalue weighted by Crippen LogP contribution is -2.63. The average Bonchev–Trinajstić information content (AvgIpc) is 3.04. The maximum absolute atomic E-state index is 15.7. The Morgan fingerprint density at radius 1 is 1.28 bits per heavy atom. The minimum Gasteiger partial charge on any atom is -0.492 e. The number of alkyl halides is 1. The summed E-state index contributed by atoms with van der Waals surface area (Å²) in [5.41, 5.74) is 2.88. The lowest BCUT2D eigenvalue weighted by atomic mass is 9.95. The molecule has 3 aliphatic heterocycles. The van der Waals surface area contributed by atoms with E-state index in [0.717, 1.165) is 24.0 Å². The number of anilines is 1. The Bertz CT molecular complexity index is 772. The van der Waals surface area contributed by atoms with Crippen LogP contribution in [-0.2, 0) is 6.42 Å². The van der Waals surface area contributed by atoms with E-state index in [9.17, 15) is 4.39 Å². The average molecular weight is 408 g/mol. The van der Waals surface area contributed by atoms with Crippen molar-refractivity contribution in [2.24, 2.45) is 0 Å². The van der Waals surface area contributed by atoms with Crippen LogP contribution in [-0.4, -0.2) is 51.4 Å². The highest BCUT2D eigenvalue weighted by Crippen LogP contribution is 2.41. The number of allylic oxidation sites excluding steroid dienone is 1. The summed E-state index contributed by atoms with van der Waals surface area (Å²) < 4.78 is 34.6. The summed E-state index contributed by atoms with van der Waals surface area (Å²) in [4.78, 5) is 0. The first-order chi connectivity index (χ1) is 14.1. The van der Waals surface area contributed by atoms with Gasteiger partial charge in [0.05, 0.1) is 24.0 Å². The van der Waals surface area contributed by atoms with E-state index in [1.165, 1.54) is 0 Å². The first-order valence-electron chi connectivity index (χ1n) is 10.5. The fourth-order valence-corrected chi connectivity index (χ4v) is 4.41. The smallest absolute Gasteiger partial charge is 0.157 e. The van der Waals surface area contributed by atoms with Crippen LogP contribution in [0.4, 0.5) is 14.5 Å². The SMILES string of the molecule is CNC1CC(C)NC(Nc2cc3c(c(C4=CCN[C@H](CF)CC4)c2F)OCC3)N1. The van der Waals surface area contributed by atoms with Gasteiger partial charge in [-0.15, -0.1) is 0 Å². The second-order valence-corrected chi connectivity index (χ2v) is 8.12. The van der Waals surface area contributed by atoms with Crippen LogP contribution in [0.1, 0.15) is 37.3 Å². The van der Waals surface area contributed by atoms with Gasteiger partial charge in [0, 0.05) is 30.6 Å². The Kier molecular flexibility index (Phi) is 6.34. The van der Waals surface area contributed by atoms with Crippen molar-refractivity contribution in [1.29, 1.82) is 0 Å². The number of nitrogens with one attached hydrogen (secondary N) is 5. The monoisotopic (exact) mass is 407 g/mol. The minimum absolute atomic E-state index is 0.150. The maximum Gasteiger partial charge on any atom is 0.157 e. The Morgan fingerprint density at radius 2 is 2.14 bits per heavy atom. The van der Waals surface area contributed by atoms with Gasteiger partial charge in [0.2, 0.25) is 0 Å². The third-order valence-electron chi connectivity index (χ3n) is 5.99. The number of halogens is 2. The normalized spacial score (nSPS) is 29.6. The summed E-state index contributed by atoms with van der Waals surface area (Å²) in [5, 5.41) is 16.5. The van der Waals surface area contributed by atoms with Gasteiger partial charge in [-0.2, -0.15) is 0 Å². The number of hydrogen-bond donors (Lipinski definition) is 5. The van der Waals surface area contributed by atoms with Crippen LogP contribution in [0.3, 0.4) is 0 Å². The lowest BCUT2D eigenvalue weighted by molar-refractivity contribution is 0.249. The zero-order chi connectivity index (χ0) is 20.4. The number of hydrogen-bond acceptors (Lipinski definition) is 6. The largest absolute Gasteiger partial charge is 0.492 e. The fourth-order valence-electron chi connectivity index (χ4n) is 4.41. The molecule has 4 atom stereocenters. The van der Waals surface area contributed by atoms with Crippen LogP contribution >= 0.6 is 0 Å². The molecular weight excluding hydrogens is 376 g/mol. The fraction of sp³-hybridized carbons (Fsp3) is 0.619. The Morgan fingerprint density at radius 3 is 2.93 bits per heavy atom. The molecule has 1 aromatic rings. The molecule has 0 bridgehead atoms. The Labute approximate surface area is 170 Å². The number of fused-ring (bicyclic) bond motifs is 1. The van der Waals surface area contributed by atoms with Crippen molar-refractivity contribution in [3.05, 3.63) is 29.1 Å². The van der Waals surface area contributed by atoms with Crippen molar-refractivity contribution < 1.29 is 13.5 Å². The van der Waals surface area contributed by atoms with Gasteiger partial charge in [-0.25, -0.2) is 8.78 Å². The van der Waals surface area contributed by atoms with Gasteiger partial charge in [0.15, 0.2) is 5.82 Å². The molecule has 0 aliphatic carbocycles. The molecule has 160 valence electrons. The predicted octanol–water partition coefficient (Wildman–Crippen LogP) is 2.08. The molecule has 0 spiro atoms. The third kappa shape index (κ3) is 4.40. The number of ether oxygens (including phenoxy) is 1. The van der Waals surface area contributed by atoms with E-state index < -0.39 is 6.67 Å². The zero-order valence-corrected chi connectivity index (χ0v) is 17.1. The first kappa shape index (κ1) is 20.5. The second-order valence-electron chi connectivity index (χ2n) is 8.12. The van der Waals surface area contributed by atoms with Gasteiger partial charge in [-0.1, -0.05) is 6.08 Å². The third-order valence-corrected chi connectivity index (χ3v) is 5.99. The summed E-state index contributed by atoms with van der Waals surface area (Å²) >= 11 is 0. The zero-order valence-electron chi connectivity index (χ0n) is 17.1.